The van der Waals surface area contributed by atoms with E-state index < -0.39 is 18.2 Å². The van der Waals surface area contributed by atoms with E-state index >= 15 is 0 Å². The second-order valence-electron chi connectivity index (χ2n) is 2.86. The molecule has 0 saturated heterocycles. The second kappa shape index (κ2) is 4.63. The SMILES string of the molecule is O=Cc1ccc(C(O)C(O)C(=O)O)cn1. The molecule has 0 saturated carbocycles. The molecule has 0 aliphatic carbocycles. The fourth-order valence-corrected chi connectivity index (χ4v) is 0.979. The number of aldehydes is 1. The van der Waals surface area contributed by atoms with Crippen molar-refractivity contribution < 1.29 is 24.9 Å². The van der Waals surface area contributed by atoms with Crippen LogP contribution in [-0.4, -0.2) is 38.7 Å². The molecule has 6 heteroatoms. The molecule has 1 rings (SSSR count). The zero-order valence-corrected chi connectivity index (χ0v) is 7.57. The number of hydrogen-bond donors (Lipinski definition) is 3. The predicted molar refractivity (Wildman–Crippen MR) is 48.2 cm³/mol. The van der Waals surface area contributed by atoms with Crippen LogP contribution >= 0.6 is 0 Å². The van der Waals surface area contributed by atoms with Gasteiger partial charge in [0.15, 0.2) is 12.4 Å². The highest BCUT2D eigenvalue weighted by atomic mass is 16.4. The van der Waals surface area contributed by atoms with Gasteiger partial charge in [-0.3, -0.25) is 9.78 Å². The maximum Gasteiger partial charge on any atom is 0.335 e. The van der Waals surface area contributed by atoms with Gasteiger partial charge >= 0.3 is 5.97 Å². The van der Waals surface area contributed by atoms with Gasteiger partial charge in [0.05, 0.1) is 0 Å². The number of nitrogens with zero attached hydrogens (tertiary/aromatic N) is 1. The van der Waals surface area contributed by atoms with Gasteiger partial charge in [0.1, 0.15) is 11.8 Å². The molecular formula is C9H9NO5. The Balaban J connectivity index is 2.86. The van der Waals surface area contributed by atoms with Gasteiger partial charge in [0.25, 0.3) is 0 Å². The lowest BCUT2D eigenvalue weighted by molar-refractivity contribution is -0.153. The number of pyridine rings is 1. The molecule has 6 nitrogen and oxygen atoms in total. The van der Waals surface area contributed by atoms with Gasteiger partial charge in [-0.2, -0.15) is 0 Å². The average Bonchev–Trinajstić information content (AvgIpc) is 2.27. The van der Waals surface area contributed by atoms with E-state index in [4.69, 9.17) is 10.2 Å². The van der Waals surface area contributed by atoms with Crippen molar-refractivity contribution in [1.82, 2.24) is 4.98 Å². The van der Waals surface area contributed by atoms with Crippen molar-refractivity contribution in [2.45, 2.75) is 12.2 Å². The Morgan fingerprint density at radius 1 is 1.40 bits per heavy atom. The van der Waals surface area contributed by atoms with Gasteiger partial charge in [0, 0.05) is 11.8 Å². The monoisotopic (exact) mass is 211 g/mol. The minimum absolute atomic E-state index is 0.135. The van der Waals surface area contributed by atoms with E-state index in [0.717, 1.165) is 6.20 Å². The lowest BCUT2D eigenvalue weighted by Crippen LogP contribution is -2.27. The normalized spacial score (nSPS) is 14.3. The van der Waals surface area contributed by atoms with E-state index in [0.29, 0.717) is 6.29 Å². The Morgan fingerprint density at radius 3 is 2.47 bits per heavy atom. The Morgan fingerprint density at radius 2 is 2.07 bits per heavy atom. The van der Waals surface area contributed by atoms with Crippen LogP contribution in [0.2, 0.25) is 0 Å². The number of aliphatic hydroxyl groups is 2. The molecule has 80 valence electrons. The van der Waals surface area contributed by atoms with Gasteiger partial charge in [-0.15, -0.1) is 0 Å². The molecule has 0 spiro atoms. The van der Waals surface area contributed by atoms with Crippen molar-refractivity contribution in [3.8, 4) is 0 Å². The number of hydrogen-bond acceptors (Lipinski definition) is 5. The summed E-state index contributed by atoms with van der Waals surface area (Å²) in [6.07, 6.45) is -1.81. The lowest BCUT2D eigenvalue weighted by Gasteiger charge is -2.13. The number of carbonyl (C=O) groups excluding carboxylic acids is 1. The average molecular weight is 211 g/mol. The molecule has 0 radical (unpaired) electrons. The highest BCUT2D eigenvalue weighted by Gasteiger charge is 2.25. The van der Waals surface area contributed by atoms with E-state index in [1.165, 1.54) is 12.1 Å². The van der Waals surface area contributed by atoms with Crippen LogP contribution in [0, 0.1) is 0 Å². The first kappa shape index (κ1) is 11.3. The molecule has 3 N–H and O–H groups in total. The predicted octanol–water partition coefficient (Wildman–Crippen LogP) is -0.627. The molecule has 1 aromatic rings. The van der Waals surface area contributed by atoms with Gasteiger partial charge < -0.3 is 15.3 Å². The third-order valence-corrected chi connectivity index (χ3v) is 1.82. The topological polar surface area (TPSA) is 108 Å². The number of aliphatic carboxylic acids is 1. The highest BCUT2D eigenvalue weighted by molar-refractivity contribution is 5.73. The van der Waals surface area contributed by atoms with E-state index in [1.54, 1.807) is 0 Å². The molecular weight excluding hydrogens is 202 g/mol. The smallest absolute Gasteiger partial charge is 0.335 e. The molecule has 2 unspecified atom stereocenters. The molecule has 15 heavy (non-hydrogen) atoms. The largest absolute Gasteiger partial charge is 0.479 e. The number of carboxylic acid groups (broad SMARTS) is 1. The highest BCUT2D eigenvalue weighted by Crippen LogP contribution is 2.15. The van der Waals surface area contributed by atoms with Crippen molar-refractivity contribution in [1.29, 1.82) is 0 Å². The molecule has 0 aromatic carbocycles. The molecule has 0 fully saturated rings. The van der Waals surface area contributed by atoms with Gasteiger partial charge in [-0.1, -0.05) is 6.07 Å². The van der Waals surface area contributed by atoms with E-state index in [2.05, 4.69) is 4.98 Å². The van der Waals surface area contributed by atoms with Crippen LogP contribution in [0.3, 0.4) is 0 Å². The van der Waals surface area contributed by atoms with Crippen molar-refractivity contribution in [2.75, 3.05) is 0 Å². The first-order valence-electron chi connectivity index (χ1n) is 4.06. The van der Waals surface area contributed by atoms with Gasteiger partial charge in [-0.05, 0) is 6.07 Å². The molecule has 0 bridgehead atoms. The van der Waals surface area contributed by atoms with Gasteiger partial charge in [0.2, 0.25) is 0 Å². The van der Waals surface area contributed by atoms with Crippen LogP contribution in [0.15, 0.2) is 18.3 Å². The zero-order valence-electron chi connectivity index (χ0n) is 7.57. The zero-order chi connectivity index (χ0) is 11.4. The number of aliphatic hydroxyl groups excluding tert-OH is 2. The maximum atomic E-state index is 10.4. The fourth-order valence-electron chi connectivity index (χ4n) is 0.979. The Hall–Kier alpha value is -1.79. The van der Waals surface area contributed by atoms with Crippen molar-refractivity contribution >= 4 is 12.3 Å². The Labute approximate surface area is 84.8 Å². The second-order valence-corrected chi connectivity index (χ2v) is 2.86. The summed E-state index contributed by atoms with van der Waals surface area (Å²) in [7, 11) is 0. The molecule has 2 atom stereocenters. The van der Waals surface area contributed by atoms with E-state index in [-0.39, 0.29) is 11.3 Å². The van der Waals surface area contributed by atoms with Crippen LogP contribution in [0.5, 0.6) is 0 Å². The number of rotatable bonds is 4. The Bertz CT molecular complexity index is 361. The first-order chi connectivity index (χ1) is 7.06. The third-order valence-electron chi connectivity index (χ3n) is 1.82. The van der Waals surface area contributed by atoms with Crippen LogP contribution in [0.4, 0.5) is 0 Å². The molecule has 1 aromatic heterocycles. The summed E-state index contributed by atoms with van der Waals surface area (Å²) in [4.78, 5) is 24.2. The summed E-state index contributed by atoms with van der Waals surface area (Å²) in [6.45, 7) is 0. The third kappa shape index (κ3) is 2.58. The summed E-state index contributed by atoms with van der Waals surface area (Å²) < 4.78 is 0. The van der Waals surface area contributed by atoms with Crippen molar-refractivity contribution in [3.63, 3.8) is 0 Å². The van der Waals surface area contributed by atoms with E-state index in [9.17, 15) is 14.7 Å². The minimum atomic E-state index is -1.91. The van der Waals surface area contributed by atoms with Crippen molar-refractivity contribution in [3.05, 3.63) is 29.6 Å². The number of carboxylic acids is 1. The van der Waals surface area contributed by atoms with Crippen LogP contribution < -0.4 is 0 Å². The maximum absolute atomic E-state index is 10.4. The quantitative estimate of drug-likeness (QED) is 0.572. The summed E-state index contributed by atoms with van der Waals surface area (Å²) in [5, 5.41) is 26.8. The standard InChI is InChI=1S/C9H9NO5/c11-4-6-2-1-5(3-10-6)7(12)8(13)9(14)15/h1-4,7-8,12-13H,(H,14,15). The van der Waals surface area contributed by atoms with Crippen LogP contribution in [0.1, 0.15) is 22.2 Å². The molecule has 0 amide bonds. The summed E-state index contributed by atoms with van der Waals surface area (Å²) >= 11 is 0. The number of carbonyl (C=O) groups is 2. The summed E-state index contributed by atoms with van der Waals surface area (Å²) in [5.41, 5.74) is 0.297. The number of aromatic nitrogens is 1. The van der Waals surface area contributed by atoms with Crippen LogP contribution in [-0.2, 0) is 4.79 Å². The summed E-state index contributed by atoms with van der Waals surface area (Å²) in [6, 6.07) is 2.65. The van der Waals surface area contributed by atoms with Crippen molar-refractivity contribution in [2.24, 2.45) is 0 Å². The lowest BCUT2D eigenvalue weighted by atomic mass is 10.1. The molecule has 0 aliphatic heterocycles. The Kier molecular flexibility index (Phi) is 3.48. The molecule has 1 heterocycles. The van der Waals surface area contributed by atoms with Crippen LogP contribution in [0.25, 0.3) is 0 Å². The summed E-state index contributed by atoms with van der Waals surface area (Å²) in [5.74, 6) is -1.53. The van der Waals surface area contributed by atoms with E-state index in [1.807, 2.05) is 0 Å². The minimum Gasteiger partial charge on any atom is -0.479 e. The van der Waals surface area contributed by atoms with Gasteiger partial charge in [-0.25, -0.2) is 4.79 Å². The molecule has 0 aliphatic rings. The first-order valence-corrected chi connectivity index (χ1v) is 4.06. The fraction of sp³-hybridized carbons (Fsp3) is 0.222.